The van der Waals surface area contributed by atoms with E-state index in [1.807, 2.05) is 79.3 Å². The zero-order valence-electron chi connectivity index (χ0n) is 21.1. The molecule has 37 heavy (non-hydrogen) atoms. The summed E-state index contributed by atoms with van der Waals surface area (Å²) in [4.78, 5) is 29.0. The Morgan fingerprint density at radius 1 is 1.03 bits per heavy atom. The molecule has 0 spiro atoms. The van der Waals surface area contributed by atoms with Crippen molar-refractivity contribution in [2.75, 3.05) is 5.32 Å². The molecule has 1 atom stereocenters. The fourth-order valence-corrected chi connectivity index (χ4v) is 3.76. The van der Waals surface area contributed by atoms with Crippen LogP contribution in [0.2, 0.25) is 0 Å². The third kappa shape index (κ3) is 7.24. The number of rotatable bonds is 10. The first kappa shape index (κ1) is 25.6. The average molecular weight is 494 g/mol. The van der Waals surface area contributed by atoms with Crippen molar-refractivity contribution in [3.05, 3.63) is 108 Å². The van der Waals surface area contributed by atoms with Crippen molar-refractivity contribution >= 4 is 23.6 Å². The molecule has 2 amide bonds. The third-order valence-corrected chi connectivity index (χ3v) is 6.05. The molecule has 0 radical (unpaired) electrons. The van der Waals surface area contributed by atoms with Crippen LogP contribution in [0.4, 0.5) is 5.69 Å². The number of hydrogen-bond acceptors (Lipinski definition) is 4. The number of aromatic nitrogens is 3. The summed E-state index contributed by atoms with van der Waals surface area (Å²) in [6, 6.07) is 21.4. The molecule has 0 saturated carbocycles. The van der Waals surface area contributed by atoms with E-state index in [2.05, 4.69) is 27.8 Å². The van der Waals surface area contributed by atoms with Crippen LogP contribution in [0.1, 0.15) is 37.0 Å². The Kier molecular flexibility index (Phi) is 8.60. The predicted molar refractivity (Wildman–Crippen MR) is 146 cm³/mol. The number of nitrogens with one attached hydrogen (secondary N) is 2. The van der Waals surface area contributed by atoms with E-state index >= 15 is 0 Å². The first-order valence-electron chi connectivity index (χ1n) is 12.4. The number of amides is 2. The molecule has 188 valence electrons. The number of carbonyl (C=O) groups excluding carboxylic acids is 2. The zero-order valence-corrected chi connectivity index (χ0v) is 21.1. The molecule has 7 nitrogen and oxygen atoms in total. The Bertz CT molecular complexity index is 1360. The fraction of sp³-hybridized carbons (Fsp3) is 0.200. The van der Waals surface area contributed by atoms with Gasteiger partial charge in [0.25, 0.3) is 0 Å². The van der Waals surface area contributed by atoms with Crippen LogP contribution in [-0.2, 0) is 22.7 Å². The number of pyridine rings is 1. The molecule has 7 heteroatoms. The Morgan fingerprint density at radius 2 is 1.84 bits per heavy atom. The molecule has 0 fully saturated rings. The van der Waals surface area contributed by atoms with E-state index in [0.717, 1.165) is 40.1 Å². The van der Waals surface area contributed by atoms with Gasteiger partial charge in [-0.2, -0.15) is 5.10 Å². The first-order chi connectivity index (χ1) is 18.0. The molecule has 4 rings (SSSR count). The summed E-state index contributed by atoms with van der Waals surface area (Å²) in [5.41, 5.74) is 5.23. The molecule has 2 aromatic heterocycles. The van der Waals surface area contributed by atoms with Crippen LogP contribution in [0, 0.1) is 5.92 Å². The lowest BCUT2D eigenvalue weighted by molar-refractivity contribution is -0.119. The molecule has 2 aromatic carbocycles. The standard InChI is InChI=1S/C30H31N5O2/c1-3-22(2)30(37)33-27-13-7-11-24(17-27)18-32-28(36)15-14-26-21-35(20-23-9-5-4-6-10-23)34-29(26)25-12-8-16-31-19-25/h4-17,19,21-22H,3,18,20H2,1-2H3,(H,32,36)(H,33,37). The molecular formula is C30H31N5O2. The smallest absolute Gasteiger partial charge is 0.244 e. The van der Waals surface area contributed by atoms with E-state index in [1.165, 1.54) is 6.08 Å². The molecule has 2 N–H and O–H groups in total. The Labute approximate surface area is 217 Å². The van der Waals surface area contributed by atoms with Gasteiger partial charge in [-0.1, -0.05) is 56.3 Å². The Balaban J connectivity index is 1.43. The van der Waals surface area contributed by atoms with Crippen molar-refractivity contribution in [1.29, 1.82) is 0 Å². The van der Waals surface area contributed by atoms with Crippen LogP contribution in [0.25, 0.3) is 17.3 Å². The molecule has 0 aliphatic rings. The van der Waals surface area contributed by atoms with E-state index in [9.17, 15) is 9.59 Å². The summed E-state index contributed by atoms with van der Waals surface area (Å²) < 4.78 is 1.87. The summed E-state index contributed by atoms with van der Waals surface area (Å²) in [5.74, 6) is -0.284. The average Bonchev–Trinajstić information content (AvgIpc) is 3.34. The van der Waals surface area contributed by atoms with Crippen LogP contribution in [0.15, 0.2) is 91.4 Å². The summed E-state index contributed by atoms with van der Waals surface area (Å²) >= 11 is 0. The van der Waals surface area contributed by atoms with Gasteiger partial charge in [0.05, 0.1) is 6.54 Å². The maximum atomic E-state index is 12.6. The Hall–Kier alpha value is -4.52. The van der Waals surface area contributed by atoms with E-state index in [1.54, 1.807) is 18.5 Å². The van der Waals surface area contributed by atoms with Crippen LogP contribution in [0.3, 0.4) is 0 Å². The molecule has 0 aliphatic carbocycles. The molecule has 2 heterocycles. The fourth-order valence-electron chi connectivity index (χ4n) is 3.76. The van der Waals surface area contributed by atoms with Crippen molar-refractivity contribution in [2.45, 2.75) is 33.4 Å². The minimum Gasteiger partial charge on any atom is -0.348 e. The van der Waals surface area contributed by atoms with Crippen molar-refractivity contribution in [2.24, 2.45) is 5.92 Å². The highest BCUT2D eigenvalue weighted by Crippen LogP contribution is 2.23. The van der Waals surface area contributed by atoms with Crippen LogP contribution in [0.5, 0.6) is 0 Å². The van der Waals surface area contributed by atoms with Gasteiger partial charge in [0.2, 0.25) is 11.8 Å². The Morgan fingerprint density at radius 3 is 2.59 bits per heavy atom. The van der Waals surface area contributed by atoms with Crippen LogP contribution >= 0.6 is 0 Å². The molecular weight excluding hydrogens is 462 g/mol. The van der Waals surface area contributed by atoms with Crippen molar-refractivity contribution in [3.8, 4) is 11.3 Å². The van der Waals surface area contributed by atoms with Gasteiger partial charge >= 0.3 is 0 Å². The number of carbonyl (C=O) groups is 2. The summed E-state index contributed by atoms with van der Waals surface area (Å²) in [6.07, 6.45) is 9.48. The number of nitrogens with zero attached hydrogens (tertiary/aromatic N) is 3. The lowest BCUT2D eigenvalue weighted by Crippen LogP contribution is -2.21. The van der Waals surface area contributed by atoms with Gasteiger partial charge in [-0.15, -0.1) is 0 Å². The molecule has 1 unspecified atom stereocenters. The van der Waals surface area contributed by atoms with Gasteiger partial charge in [-0.3, -0.25) is 19.3 Å². The van der Waals surface area contributed by atoms with Crippen molar-refractivity contribution < 1.29 is 9.59 Å². The second-order valence-electron chi connectivity index (χ2n) is 8.91. The second kappa shape index (κ2) is 12.4. The maximum Gasteiger partial charge on any atom is 0.244 e. The summed E-state index contributed by atoms with van der Waals surface area (Å²) in [5, 5.41) is 10.6. The van der Waals surface area contributed by atoms with Gasteiger partial charge in [-0.05, 0) is 47.9 Å². The normalized spacial score (nSPS) is 11.8. The van der Waals surface area contributed by atoms with Crippen molar-refractivity contribution in [3.63, 3.8) is 0 Å². The van der Waals surface area contributed by atoms with Crippen LogP contribution in [-0.4, -0.2) is 26.6 Å². The van der Waals surface area contributed by atoms with E-state index in [0.29, 0.717) is 13.1 Å². The first-order valence-corrected chi connectivity index (χ1v) is 12.4. The minimum atomic E-state index is -0.220. The topological polar surface area (TPSA) is 88.9 Å². The number of benzene rings is 2. The zero-order chi connectivity index (χ0) is 26.0. The highest BCUT2D eigenvalue weighted by Gasteiger charge is 2.12. The molecule has 4 aromatic rings. The number of anilines is 1. The third-order valence-electron chi connectivity index (χ3n) is 6.05. The second-order valence-corrected chi connectivity index (χ2v) is 8.91. The van der Waals surface area contributed by atoms with Gasteiger partial charge in [-0.25, -0.2) is 0 Å². The SMILES string of the molecule is CCC(C)C(=O)Nc1cccc(CNC(=O)C=Cc2cn(Cc3ccccc3)nc2-c2cccnc2)c1. The molecule has 0 aliphatic heterocycles. The van der Waals surface area contributed by atoms with Gasteiger partial charge in [0.1, 0.15) is 5.69 Å². The van der Waals surface area contributed by atoms with Gasteiger partial charge in [0, 0.05) is 53.9 Å². The van der Waals surface area contributed by atoms with Crippen LogP contribution < -0.4 is 10.6 Å². The lowest BCUT2D eigenvalue weighted by Gasteiger charge is -2.11. The quantitative estimate of drug-likeness (QED) is 0.293. The van der Waals surface area contributed by atoms with E-state index < -0.39 is 0 Å². The summed E-state index contributed by atoms with van der Waals surface area (Å²) in [7, 11) is 0. The largest absolute Gasteiger partial charge is 0.348 e. The van der Waals surface area contributed by atoms with E-state index in [-0.39, 0.29) is 17.7 Å². The highest BCUT2D eigenvalue weighted by atomic mass is 16.2. The number of hydrogen-bond donors (Lipinski definition) is 2. The monoisotopic (exact) mass is 493 g/mol. The minimum absolute atomic E-state index is 0.0103. The van der Waals surface area contributed by atoms with E-state index in [4.69, 9.17) is 5.10 Å². The lowest BCUT2D eigenvalue weighted by atomic mass is 10.1. The van der Waals surface area contributed by atoms with Crippen molar-refractivity contribution in [1.82, 2.24) is 20.1 Å². The summed E-state index contributed by atoms with van der Waals surface area (Å²) in [6.45, 7) is 4.85. The predicted octanol–water partition coefficient (Wildman–Crippen LogP) is 5.31. The van der Waals surface area contributed by atoms with Gasteiger partial charge < -0.3 is 10.6 Å². The van der Waals surface area contributed by atoms with Gasteiger partial charge in [0.15, 0.2) is 0 Å². The molecule has 0 saturated heterocycles. The molecule has 0 bridgehead atoms. The highest BCUT2D eigenvalue weighted by molar-refractivity contribution is 5.93. The maximum absolute atomic E-state index is 12.6.